The standard InChI is InChI=1S/C16H26N4.HI/c1-16(2,3)19-11-10-18-15(17-4)20-12-9-13-7-5-6-8-14(13)20;/h5-8,19H,9-12H2,1-4H3,(H,17,18);1H. The van der Waals surface area contributed by atoms with Crippen molar-refractivity contribution in [3.63, 3.8) is 0 Å². The molecule has 0 bridgehead atoms. The van der Waals surface area contributed by atoms with E-state index in [-0.39, 0.29) is 29.5 Å². The van der Waals surface area contributed by atoms with Gasteiger partial charge in [-0.05, 0) is 38.8 Å². The highest BCUT2D eigenvalue weighted by Gasteiger charge is 2.22. The fourth-order valence-electron chi connectivity index (χ4n) is 2.47. The predicted octanol–water partition coefficient (Wildman–Crippen LogP) is 2.63. The number of para-hydroxylation sites is 1. The quantitative estimate of drug-likeness (QED) is 0.354. The lowest BCUT2D eigenvalue weighted by Gasteiger charge is -2.24. The summed E-state index contributed by atoms with van der Waals surface area (Å²) in [6.45, 7) is 9.35. The number of guanidine groups is 1. The van der Waals surface area contributed by atoms with Gasteiger partial charge in [-0.2, -0.15) is 0 Å². The Kier molecular flexibility index (Phi) is 6.93. The molecule has 0 spiro atoms. The van der Waals surface area contributed by atoms with E-state index in [2.05, 4.69) is 65.6 Å². The van der Waals surface area contributed by atoms with Gasteiger partial charge in [-0.25, -0.2) is 0 Å². The Morgan fingerprint density at radius 3 is 2.62 bits per heavy atom. The van der Waals surface area contributed by atoms with Crippen LogP contribution >= 0.6 is 24.0 Å². The molecule has 1 heterocycles. The van der Waals surface area contributed by atoms with Gasteiger partial charge in [-0.1, -0.05) is 18.2 Å². The second-order valence-corrected chi connectivity index (χ2v) is 6.18. The van der Waals surface area contributed by atoms with Crippen molar-refractivity contribution in [2.75, 3.05) is 31.6 Å². The Labute approximate surface area is 145 Å². The Hall–Kier alpha value is -0.820. The molecule has 0 unspecified atom stereocenters. The minimum Gasteiger partial charge on any atom is -0.355 e. The summed E-state index contributed by atoms with van der Waals surface area (Å²) in [5.41, 5.74) is 2.85. The maximum atomic E-state index is 4.41. The molecule has 0 fully saturated rings. The fourth-order valence-corrected chi connectivity index (χ4v) is 2.47. The van der Waals surface area contributed by atoms with E-state index in [1.165, 1.54) is 11.3 Å². The topological polar surface area (TPSA) is 39.7 Å². The first kappa shape index (κ1) is 18.2. The van der Waals surface area contributed by atoms with E-state index in [0.29, 0.717) is 0 Å². The normalized spacial score (nSPS) is 14.7. The molecular weight excluding hydrogens is 375 g/mol. The van der Waals surface area contributed by atoms with Crippen molar-refractivity contribution in [2.24, 2.45) is 4.99 Å². The lowest BCUT2D eigenvalue weighted by molar-refractivity contribution is 0.428. The van der Waals surface area contributed by atoms with Gasteiger partial charge < -0.3 is 15.5 Å². The van der Waals surface area contributed by atoms with Gasteiger partial charge in [0.05, 0.1) is 0 Å². The van der Waals surface area contributed by atoms with Crippen LogP contribution in [-0.2, 0) is 6.42 Å². The molecule has 0 saturated heterocycles. The lowest BCUT2D eigenvalue weighted by atomic mass is 10.1. The highest BCUT2D eigenvalue weighted by Crippen LogP contribution is 2.27. The molecule has 1 aliphatic rings. The third kappa shape index (κ3) is 5.14. The SMILES string of the molecule is CN=C(NCCNC(C)(C)C)N1CCc2ccccc21.I. The second-order valence-electron chi connectivity index (χ2n) is 6.18. The van der Waals surface area contributed by atoms with Crippen LogP contribution in [-0.4, -0.2) is 38.2 Å². The monoisotopic (exact) mass is 402 g/mol. The first-order chi connectivity index (χ1) is 9.51. The molecule has 0 saturated carbocycles. The predicted molar refractivity (Wildman–Crippen MR) is 102 cm³/mol. The van der Waals surface area contributed by atoms with Gasteiger partial charge in [0.1, 0.15) is 0 Å². The van der Waals surface area contributed by atoms with Gasteiger partial charge in [0, 0.05) is 37.9 Å². The summed E-state index contributed by atoms with van der Waals surface area (Å²) in [7, 11) is 1.85. The number of nitrogens with one attached hydrogen (secondary N) is 2. The number of rotatable bonds is 3. The molecule has 1 aromatic carbocycles. The number of anilines is 1. The molecule has 21 heavy (non-hydrogen) atoms. The fraction of sp³-hybridized carbons (Fsp3) is 0.562. The Morgan fingerprint density at radius 1 is 1.24 bits per heavy atom. The van der Waals surface area contributed by atoms with Crippen molar-refractivity contribution in [1.29, 1.82) is 0 Å². The van der Waals surface area contributed by atoms with Crippen LogP contribution in [0.15, 0.2) is 29.3 Å². The number of aliphatic imine (C=N–C) groups is 1. The van der Waals surface area contributed by atoms with E-state index >= 15 is 0 Å². The van der Waals surface area contributed by atoms with Gasteiger partial charge in [0.25, 0.3) is 0 Å². The number of hydrogen-bond donors (Lipinski definition) is 2. The van der Waals surface area contributed by atoms with Crippen LogP contribution < -0.4 is 15.5 Å². The third-order valence-corrected chi connectivity index (χ3v) is 3.42. The van der Waals surface area contributed by atoms with Gasteiger partial charge in [0.15, 0.2) is 5.96 Å². The molecule has 0 amide bonds. The molecule has 0 atom stereocenters. The van der Waals surface area contributed by atoms with E-state index in [9.17, 15) is 0 Å². The number of benzene rings is 1. The van der Waals surface area contributed by atoms with Crippen LogP contribution in [0.5, 0.6) is 0 Å². The third-order valence-electron chi connectivity index (χ3n) is 3.42. The van der Waals surface area contributed by atoms with Crippen molar-refractivity contribution in [1.82, 2.24) is 10.6 Å². The largest absolute Gasteiger partial charge is 0.355 e. The van der Waals surface area contributed by atoms with Crippen molar-refractivity contribution in [3.8, 4) is 0 Å². The zero-order valence-corrected chi connectivity index (χ0v) is 15.8. The van der Waals surface area contributed by atoms with Crippen LogP contribution in [0.1, 0.15) is 26.3 Å². The maximum absolute atomic E-state index is 4.41. The Balaban J connectivity index is 0.00000220. The van der Waals surface area contributed by atoms with Crippen LogP contribution in [0.2, 0.25) is 0 Å². The summed E-state index contributed by atoms with van der Waals surface area (Å²) in [4.78, 5) is 6.68. The highest BCUT2D eigenvalue weighted by atomic mass is 127. The molecule has 4 nitrogen and oxygen atoms in total. The first-order valence-electron chi connectivity index (χ1n) is 7.32. The van der Waals surface area contributed by atoms with E-state index in [1.807, 2.05) is 7.05 Å². The number of fused-ring (bicyclic) bond motifs is 1. The van der Waals surface area contributed by atoms with Crippen molar-refractivity contribution in [3.05, 3.63) is 29.8 Å². The van der Waals surface area contributed by atoms with Crippen LogP contribution in [0.3, 0.4) is 0 Å². The molecular formula is C16H27IN4. The smallest absolute Gasteiger partial charge is 0.198 e. The molecule has 118 valence electrons. The van der Waals surface area contributed by atoms with Gasteiger partial charge >= 0.3 is 0 Å². The maximum Gasteiger partial charge on any atom is 0.198 e. The molecule has 1 aromatic rings. The molecule has 0 aliphatic carbocycles. The summed E-state index contributed by atoms with van der Waals surface area (Å²) in [5, 5.41) is 6.91. The van der Waals surface area contributed by atoms with Crippen molar-refractivity contribution in [2.45, 2.75) is 32.7 Å². The van der Waals surface area contributed by atoms with E-state index in [4.69, 9.17) is 0 Å². The van der Waals surface area contributed by atoms with E-state index in [1.54, 1.807) is 0 Å². The minimum atomic E-state index is 0. The average Bonchev–Trinajstić information content (AvgIpc) is 2.82. The molecule has 2 rings (SSSR count). The zero-order chi connectivity index (χ0) is 14.6. The van der Waals surface area contributed by atoms with E-state index < -0.39 is 0 Å². The molecule has 0 radical (unpaired) electrons. The molecule has 2 N–H and O–H groups in total. The summed E-state index contributed by atoms with van der Waals surface area (Å²) >= 11 is 0. The highest BCUT2D eigenvalue weighted by molar-refractivity contribution is 14.0. The van der Waals surface area contributed by atoms with Gasteiger partial charge in [0.2, 0.25) is 0 Å². The zero-order valence-electron chi connectivity index (χ0n) is 13.4. The first-order valence-corrected chi connectivity index (χ1v) is 7.32. The van der Waals surface area contributed by atoms with Crippen LogP contribution in [0, 0.1) is 0 Å². The Bertz CT molecular complexity index is 479. The van der Waals surface area contributed by atoms with Gasteiger partial charge in [-0.15, -0.1) is 24.0 Å². The summed E-state index contributed by atoms with van der Waals surface area (Å²) < 4.78 is 0. The number of nitrogens with zero attached hydrogens (tertiary/aromatic N) is 2. The Morgan fingerprint density at radius 2 is 1.95 bits per heavy atom. The molecule has 5 heteroatoms. The van der Waals surface area contributed by atoms with Crippen LogP contribution in [0.25, 0.3) is 0 Å². The second kappa shape index (κ2) is 7.98. The summed E-state index contributed by atoms with van der Waals surface area (Å²) in [5.74, 6) is 0.964. The van der Waals surface area contributed by atoms with E-state index in [0.717, 1.165) is 32.0 Å². The van der Waals surface area contributed by atoms with Crippen LogP contribution in [0.4, 0.5) is 5.69 Å². The molecule has 1 aliphatic heterocycles. The number of hydrogen-bond acceptors (Lipinski definition) is 2. The van der Waals surface area contributed by atoms with Crippen molar-refractivity contribution >= 4 is 35.6 Å². The number of halogens is 1. The van der Waals surface area contributed by atoms with Crippen molar-refractivity contribution < 1.29 is 0 Å². The summed E-state index contributed by atoms with van der Waals surface area (Å²) in [6.07, 6.45) is 1.09. The average molecular weight is 402 g/mol. The summed E-state index contributed by atoms with van der Waals surface area (Å²) in [6, 6.07) is 8.56. The van der Waals surface area contributed by atoms with Gasteiger partial charge in [-0.3, -0.25) is 4.99 Å². The molecule has 0 aromatic heterocycles. The minimum absolute atomic E-state index is 0. The lowest BCUT2D eigenvalue weighted by Crippen LogP contribution is -2.45.